The van der Waals surface area contributed by atoms with E-state index in [0.717, 1.165) is 29.7 Å². The second-order valence-corrected chi connectivity index (χ2v) is 8.86. The summed E-state index contributed by atoms with van der Waals surface area (Å²) in [5.74, 6) is 1.44. The van der Waals surface area contributed by atoms with E-state index in [4.69, 9.17) is 4.98 Å². The number of amides is 1. The van der Waals surface area contributed by atoms with Gasteiger partial charge in [0.05, 0.1) is 11.7 Å². The van der Waals surface area contributed by atoms with Crippen LogP contribution < -0.4 is 5.32 Å². The van der Waals surface area contributed by atoms with Gasteiger partial charge in [-0.2, -0.15) is 0 Å². The van der Waals surface area contributed by atoms with Crippen LogP contribution in [0.1, 0.15) is 69.7 Å². The molecule has 0 bridgehead atoms. The summed E-state index contributed by atoms with van der Waals surface area (Å²) in [5, 5.41) is 3.29. The van der Waals surface area contributed by atoms with E-state index in [1.807, 2.05) is 18.3 Å². The molecule has 0 radical (unpaired) electrons. The van der Waals surface area contributed by atoms with Gasteiger partial charge in [0.15, 0.2) is 5.82 Å². The van der Waals surface area contributed by atoms with Crippen molar-refractivity contribution in [3.63, 3.8) is 0 Å². The van der Waals surface area contributed by atoms with Crippen molar-refractivity contribution in [1.82, 2.24) is 20.3 Å². The molecule has 2 heterocycles. The molecule has 0 aromatic carbocycles. The number of carbonyl (C=O) groups is 1. The molecule has 4 rings (SSSR count). The predicted octanol–water partition coefficient (Wildman–Crippen LogP) is 4.25. The standard InChI is InChI=1S/C22H28N4O/c1-22(2)11-18(25-20(27)10-15-6-3-4-7-15)17-14-24-21(26-19(17)12-22)16-8-5-9-23-13-16/h5,8-9,13-15,18H,3-4,6-7,10-12H2,1-2H3,(H,25,27). The maximum Gasteiger partial charge on any atom is 0.220 e. The molecule has 1 N–H and O–H groups in total. The van der Waals surface area contributed by atoms with Crippen LogP contribution in [0, 0.1) is 11.3 Å². The molecule has 2 aromatic rings. The Bertz CT molecular complexity index is 812. The summed E-state index contributed by atoms with van der Waals surface area (Å²) in [4.78, 5) is 26.2. The molecular formula is C22H28N4O. The third-order valence-electron chi connectivity index (χ3n) is 5.88. The van der Waals surface area contributed by atoms with E-state index in [2.05, 4.69) is 29.1 Å². The van der Waals surface area contributed by atoms with Gasteiger partial charge in [-0.1, -0.05) is 26.7 Å². The second-order valence-electron chi connectivity index (χ2n) is 8.86. The zero-order valence-electron chi connectivity index (χ0n) is 16.2. The molecule has 1 amide bonds. The Morgan fingerprint density at radius 2 is 2.07 bits per heavy atom. The Kier molecular flexibility index (Phi) is 4.94. The number of carbonyl (C=O) groups excluding carboxylic acids is 1. The van der Waals surface area contributed by atoms with Gasteiger partial charge in [-0.15, -0.1) is 0 Å². The molecule has 142 valence electrons. The van der Waals surface area contributed by atoms with E-state index in [0.29, 0.717) is 18.2 Å². The van der Waals surface area contributed by atoms with Crippen molar-refractivity contribution in [1.29, 1.82) is 0 Å². The average molecular weight is 364 g/mol. The number of fused-ring (bicyclic) bond motifs is 1. The number of rotatable bonds is 4. The van der Waals surface area contributed by atoms with Crippen LogP contribution in [0.5, 0.6) is 0 Å². The first-order chi connectivity index (χ1) is 13.0. The normalized spacial score (nSPS) is 21.6. The number of hydrogen-bond acceptors (Lipinski definition) is 4. The summed E-state index contributed by atoms with van der Waals surface area (Å²) in [6.45, 7) is 4.50. The van der Waals surface area contributed by atoms with E-state index < -0.39 is 0 Å². The van der Waals surface area contributed by atoms with E-state index in [9.17, 15) is 4.79 Å². The third kappa shape index (κ3) is 4.18. The smallest absolute Gasteiger partial charge is 0.220 e. The van der Waals surface area contributed by atoms with Crippen LogP contribution in [0.15, 0.2) is 30.7 Å². The van der Waals surface area contributed by atoms with Crippen LogP contribution in [0.4, 0.5) is 0 Å². The van der Waals surface area contributed by atoms with Crippen molar-refractivity contribution in [2.75, 3.05) is 0 Å². The maximum absolute atomic E-state index is 12.6. The number of hydrogen-bond donors (Lipinski definition) is 1. The Hall–Kier alpha value is -2.30. The molecule has 1 fully saturated rings. The minimum atomic E-state index is 0.000557. The van der Waals surface area contributed by atoms with Crippen molar-refractivity contribution in [3.05, 3.63) is 42.0 Å². The Balaban J connectivity index is 1.56. The van der Waals surface area contributed by atoms with Crippen molar-refractivity contribution in [3.8, 4) is 11.4 Å². The minimum absolute atomic E-state index is 0.000557. The van der Waals surface area contributed by atoms with Crippen LogP contribution in [0.25, 0.3) is 11.4 Å². The highest BCUT2D eigenvalue weighted by atomic mass is 16.1. The zero-order valence-corrected chi connectivity index (χ0v) is 16.2. The van der Waals surface area contributed by atoms with Gasteiger partial charge in [0, 0.05) is 36.1 Å². The number of nitrogens with one attached hydrogen (secondary N) is 1. The van der Waals surface area contributed by atoms with Gasteiger partial charge in [0.25, 0.3) is 0 Å². The van der Waals surface area contributed by atoms with Gasteiger partial charge in [0.2, 0.25) is 5.91 Å². The summed E-state index contributed by atoms with van der Waals surface area (Å²) >= 11 is 0. The van der Waals surface area contributed by atoms with Crippen molar-refractivity contribution < 1.29 is 4.79 Å². The van der Waals surface area contributed by atoms with E-state index in [-0.39, 0.29) is 17.4 Å². The molecule has 0 aliphatic heterocycles. The SMILES string of the molecule is CC1(C)Cc2nc(-c3cccnc3)ncc2C(NC(=O)CC2CCCC2)C1. The lowest BCUT2D eigenvalue weighted by Gasteiger charge is -2.36. The van der Waals surface area contributed by atoms with E-state index >= 15 is 0 Å². The summed E-state index contributed by atoms with van der Waals surface area (Å²) < 4.78 is 0. The van der Waals surface area contributed by atoms with Crippen LogP contribution in [-0.4, -0.2) is 20.9 Å². The highest BCUT2D eigenvalue weighted by molar-refractivity contribution is 5.76. The summed E-state index contributed by atoms with van der Waals surface area (Å²) in [5.41, 5.74) is 3.14. The fourth-order valence-electron chi connectivity index (χ4n) is 4.54. The first-order valence-electron chi connectivity index (χ1n) is 10.1. The minimum Gasteiger partial charge on any atom is -0.349 e. The molecule has 2 aliphatic rings. The maximum atomic E-state index is 12.6. The number of aromatic nitrogens is 3. The number of pyridine rings is 1. The van der Waals surface area contributed by atoms with Gasteiger partial charge in [-0.25, -0.2) is 9.97 Å². The molecule has 1 atom stereocenters. The highest BCUT2D eigenvalue weighted by Gasteiger charge is 2.35. The van der Waals surface area contributed by atoms with Crippen molar-refractivity contribution in [2.45, 2.75) is 64.8 Å². The highest BCUT2D eigenvalue weighted by Crippen LogP contribution is 2.40. The summed E-state index contributed by atoms with van der Waals surface area (Å²) in [6, 6.07) is 3.87. The quantitative estimate of drug-likeness (QED) is 0.881. The average Bonchev–Trinajstić information content (AvgIpc) is 3.14. The topological polar surface area (TPSA) is 67.8 Å². The molecule has 2 aromatic heterocycles. The van der Waals surface area contributed by atoms with Gasteiger partial charge in [-0.05, 0) is 49.1 Å². The first-order valence-corrected chi connectivity index (χ1v) is 10.1. The van der Waals surface area contributed by atoms with Gasteiger partial charge in [0.1, 0.15) is 0 Å². The molecule has 2 aliphatic carbocycles. The molecule has 0 saturated heterocycles. The number of nitrogens with zero attached hydrogens (tertiary/aromatic N) is 3. The summed E-state index contributed by atoms with van der Waals surface area (Å²) in [6.07, 6.45) is 12.8. The third-order valence-corrected chi connectivity index (χ3v) is 5.88. The van der Waals surface area contributed by atoms with E-state index in [1.54, 1.807) is 12.4 Å². The van der Waals surface area contributed by atoms with E-state index in [1.165, 1.54) is 25.7 Å². The molecule has 5 heteroatoms. The Labute approximate surface area is 161 Å². The van der Waals surface area contributed by atoms with Crippen LogP contribution >= 0.6 is 0 Å². The lowest BCUT2D eigenvalue weighted by Crippen LogP contribution is -2.37. The molecule has 5 nitrogen and oxygen atoms in total. The zero-order chi connectivity index (χ0) is 18.9. The monoisotopic (exact) mass is 364 g/mol. The lowest BCUT2D eigenvalue weighted by atomic mass is 9.74. The van der Waals surface area contributed by atoms with Crippen LogP contribution in [-0.2, 0) is 11.2 Å². The van der Waals surface area contributed by atoms with Gasteiger partial charge >= 0.3 is 0 Å². The van der Waals surface area contributed by atoms with Gasteiger partial charge < -0.3 is 5.32 Å². The Morgan fingerprint density at radius 3 is 2.81 bits per heavy atom. The fraction of sp³-hybridized carbons (Fsp3) is 0.545. The van der Waals surface area contributed by atoms with Crippen molar-refractivity contribution >= 4 is 5.91 Å². The van der Waals surface area contributed by atoms with Crippen molar-refractivity contribution in [2.24, 2.45) is 11.3 Å². The molecule has 1 unspecified atom stereocenters. The lowest BCUT2D eigenvalue weighted by molar-refractivity contribution is -0.123. The largest absolute Gasteiger partial charge is 0.349 e. The molecule has 0 spiro atoms. The van der Waals surface area contributed by atoms with Crippen LogP contribution in [0.3, 0.4) is 0 Å². The van der Waals surface area contributed by atoms with Gasteiger partial charge in [-0.3, -0.25) is 9.78 Å². The Morgan fingerprint density at radius 1 is 1.26 bits per heavy atom. The fourth-order valence-corrected chi connectivity index (χ4v) is 4.54. The molecule has 27 heavy (non-hydrogen) atoms. The summed E-state index contributed by atoms with van der Waals surface area (Å²) in [7, 11) is 0. The molecular weight excluding hydrogens is 336 g/mol. The predicted molar refractivity (Wildman–Crippen MR) is 105 cm³/mol. The second kappa shape index (κ2) is 7.37. The van der Waals surface area contributed by atoms with Crippen LogP contribution in [0.2, 0.25) is 0 Å². The first kappa shape index (κ1) is 18.1. The molecule has 1 saturated carbocycles.